The Balaban J connectivity index is 1.84. The van der Waals surface area contributed by atoms with Crippen LogP contribution in [-0.4, -0.2) is 22.2 Å². The number of phenols is 1. The van der Waals surface area contributed by atoms with Gasteiger partial charge in [-0.1, -0.05) is 30.3 Å². The summed E-state index contributed by atoms with van der Waals surface area (Å²) in [5, 5.41) is 14.5. The molecule has 2 N–H and O–H groups in total. The zero-order chi connectivity index (χ0) is 17.1. The first-order chi connectivity index (χ1) is 11.6. The second-order valence-electron chi connectivity index (χ2n) is 5.53. The molecular formula is C19H17N3O2. The Bertz CT molecular complexity index is 948. The molecule has 0 saturated carbocycles. The number of carbonyl (C=O) groups excluding carboxylic acids is 1. The summed E-state index contributed by atoms with van der Waals surface area (Å²) in [6.07, 6.45) is 1.40. The number of rotatable bonds is 3. The topological polar surface area (TPSA) is 74.6 Å². The first kappa shape index (κ1) is 15.7. The average Bonchev–Trinajstić information content (AvgIpc) is 2.57. The van der Waals surface area contributed by atoms with Crippen LogP contribution in [-0.2, 0) is 0 Å². The van der Waals surface area contributed by atoms with Gasteiger partial charge in [0, 0.05) is 10.9 Å². The van der Waals surface area contributed by atoms with Crippen LogP contribution in [0.3, 0.4) is 0 Å². The standard InChI is InChI=1S/C19H17N3O2/c1-12-6-5-8-14-10-16(13(2)21-18(12)14)19(24)22-20-11-15-7-3-4-9-17(15)23/h3-11,23H,1-2H3,(H,22,24). The Labute approximate surface area is 139 Å². The normalized spacial score (nSPS) is 11.1. The van der Waals surface area contributed by atoms with Crippen molar-refractivity contribution in [2.75, 3.05) is 0 Å². The van der Waals surface area contributed by atoms with Crippen molar-refractivity contribution in [1.82, 2.24) is 10.4 Å². The van der Waals surface area contributed by atoms with E-state index in [0.717, 1.165) is 16.5 Å². The van der Waals surface area contributed by atoms with E-state index in [-0.39, 0.29) is 11.7 Å². The third-order valence-electron chi connectivity index (χ3n) is 3.79. The van der Waals surface area contributed by atoms with Crippen molar-refractivity contribution in [3.63, 3.8) is 0 Å². The fourth-order valence-electron chi connectivity index (χ4n) is 2.49. The number of hydrazone groups is 1. The highest BCUT2D eigenvalue weighted by Gasteiger charge is 2.11. The molecule has 0 aliphatic carbocycles. The Hall–Kier alpha value is -3.21. The number of aromatic hydroxyl groups is 1. The van der Waals surface area contributed by atoms with Crippen LogP contribution < -0.4 is 5.43 Å². The number of nitrogens with one attached hydrogen (secondary N) is 1. The molecule has 2 aromatic carbocycles. The van der Waals surface area contributed by atoms with Gasteiger partial charge in [0.1, 0.15) is 5.75 Å². The van der Waals surface area contributed by atoms with Crippen molar-refractivity contribution in [3.8, 4) is 5.75 Å². The van der Waals surface area contributed by atoms with Crippen LogP contribution in [0.2, 0.25) is 0 Å². The van der Waals surface area contributed by atoms with Gasteiger partial charge < -0.3 is 5.11 Å². The van der Waals surface area contributed by atoms with E-state index in [1.165, 1.54) is 6.21 Å². The number of phenolic OH excluding ortho intramolecular Hbond substituents is 1. The van der Waals surface area contributed by atoms with Gasteiger partial charge in [0.05, 0.1) is 23.0 Å². The number of fused-ring (bicyclic) bond motifs is 1. The first-order valence-corrected chi connectivity index (χ1v) is 7.54. The fourth-order valence-corrected chi connectivity index (χ4v) is 2.49. The number of carbonyl (C=O) groups is 1. The average molecular weight is 319 g/mol. The molecule has 1 aromatic heterocycles. The molecule has 5 nitrogen and oxygen atoms in total. The first-order valence-electron chi connectivity index (χ1n) is 7.54. The number of benzene rings is 2. The maximum absolute atomic E-state index is 12.3. The lowest BCUT2D eigenvalue weighted by molar-refractivity contribution is 0.0954. The number of hydrogen-bond donors (Lipinski definition) is 2. The number of pyridine rings is 1. The van der Waals surface area contributed by atoms with Crippen molar-refractivity contribution in [1.29, 1.82) is 0 Å². The van der Waals surface area contributed by atoms with Crippen molar-refractivity contribution < 1.29 is 9.90 Å². The van der Waals surface area contributed by atoms with Gasteiger partial charge in [-0.25, -0.2) is 5.43 Å². The van der Waals surface area contributed by atoms with Crippen LogP contribution in [0.25, 0.3) is 10.9 Å². The number of aryl methyl sites for hydroxylation is 2. The van der Waals surface area contributed by atoms with Gasteiger partial charge in [-0.15, -0.1) is 0 Å². The van der Waals surface area contributed by atoms with Gasteiger partial charge in [-0.3, -0.25) is 9.78 Å². The van der Waals surface area contributed by atoms with Crippen LogP contribution >= 0.6 is 0 Å². The monoisotopic (exact) mass is 319 g/mol. The van der Waals surface area contributed by atoms with E-state index in [9.17, 15) is 9.90 Å². The number of nitrogens with zero attached hydrogens (tertiary/aromatic N) is 2. The quantitative estimate of drug-likeness (QED) is 0.574. The molecule has 0 aliphatic rings. The summed E-state index contributed by atoms with van der Waals surface area (Å²) < 4.78 is 0. The van der Waals surface area contributed by atoms with Crippen molar-refractivity contribution in [3.05, 3.63) is 70.9 Å². The molecule has 3 rings (SSSR count). The van der Waals surface area contributed by atoms with Gasteiger partial charge in [-0.2, -0.15) is 5.10 Å². The van der Waals surface area contributed by atoms with Gasteiger partial charge in [-0.05, 0) is 37.6 Å². The Morgan fingerprint density at radius 3 is 2.75 bits per heavy atom. The molecule has 24 heavy (non-hydrogen) atoms. The van der Waals surface area contributed by atoms with E-state index >= 15 is 0 Å². The molecule has 1 amide bonds. The van der Waals surface area contributed by atoms with Crippen molar-refractivity contribution in [2.24, 2.45) is 5.10 Å². The van der Waals surface area contributed by atoms with Crippen LogP contribution in [0.4, 0.5) is 0 Å². The van der Waals surface area contributed by atoms with Gasteiger partial charge in [0.2, 0.25) is 0 Å². The summed E-state index contributed by atoms with van der Waals surface area (Å²) in [5.41, 5.74) is 6.09. The van der Waals surface area contributed by atoms with Crippen LogP contribution in [0.15, 0.2) is 53.6 Å². The summed E-state index contributed by atoms with van der Waals surface area (Å²) in [4.78, 5) is 16.9. The molecule has 120 valence electrons. The summed E-state index contributed by atoms with van der Waals surface area (Å²) in [7, 11) is 0. The zero-order valence-corrected chi connectivity index (χ0v) is 13.4. The lowest BCUT2D eigenvalue weighted by atomic mass is 10.1. The van der Waals surface area contributed by atoms with E-state index in [4.69, 9.17) is 0 Å². The second-order valence-corrected chi connectivity index (χ2v) is 5.53. The van der Waals surface area contributed by atoms with E-state index in [2.05, 4.69) is 15.5 Å². The molecule has 0 unspecified atom stereocenters. The predicted molar refractivity (Wildman–Crippen MR) is 94.4 cm³/mol. The maximum atomic E-state index is 12.3. The van der Waals surface area contributed by atoms with Crippen LogP contribution in [0, 0.1) is 13.8 Å². The molecule has 0 aliphatic heterocycles. The molecule has 0 atom stereocenters. The summed E-state index contributed by atoms with van der Waals surface area (Å²) >= 11 is 0. The lowest BCUT2D eigenvalue weighted by Crippen LogP contribution is -2.19. The third kappa shape index (κ3) is 3.10. The number of aromatic nitrogens is 1. The molecule has 1 heterocycles. The van der Waals surface area contributed by atoms with Crippen molar-refractivity contribution >= 4 is 23.0 Å². The summed E-state index contributed by atoms with van der Waals surface area (Å²) in [5.74, 6) is -0.232. The number of amides is 1. The Morgan fingerprint density at radius 1 is 1.17 bits per heavy atom. The molecule has 3 aromatic rings. The minimum absolute atomic E-state index is 0.106. The highest BCUT2D eigenvalue weighted by atomic mass is 16.3. The second kappa shape index (κ2) is 6.50. The molecule has 0 radical (unpaired) electrons. The van der Waals surface area contributed by atoms with E-state index in [1.807, 2.05) is 31.2 Å². The smallest absolute Gasteiger partial charge is 0.273 e. The third-order valence-corrected chi connectivity index (χ3v) is 3.79. The Morgan fingerprint density at radius 2 is 1.96 bits per heavy atom. The van der Waals surface area contributed by atoms with Crippen molar-refractivity contribution in [2.45, 2.75) is 13.8 Å². The molecule has 0 fully saturated rings. The lowest BCUT2D eigenvalue weighted by Gasteiger charge is -2.07. The highest BCUT2D eigenvalue weighted by Crippen LogP contribution is 2.19. The van der Waals surface area contributed by atoms with E-state index in [1.54, 1.807) is 31.2 Å². The minimum atomic E-state index is -0.338. The SMILES string of the molecule is Cc1nc2c(C)cccc2cc1C(=O)NN=Cc1ccccc1O. The largest absolute Gasteiger partial charge is 0.507 e. The Kier molecular flexibility index (Phi) is 4.24. The van der Waals surface area contributed by atoms with Gasteiger partial charge in [0.15, 0.2) is 0 Å². The maximum Gasteiger partial charge on any atom is 0.273 e. The molecule has 5 heteroatoms. The molecular weight excluding hydrogens is 302 g/mol. The molecule has 0 saturated heterocycles. The minimum Gasteiger partial charge on any atom is -0.507 e. The summed E-state index contributed by atoms with van der Waals surface area (Å²) in [6.45, 7) is 3.79. The zero-order valence-electron chi connectivity index (χ0n) is 13.4. The summed E-state index contributed by atoms with van der Waals surface area (Å²) in [6, 6.07) is 14.4. The predicted octanol–water partition coefficient (Wildman–Crippen LogP) is 3.32. The molecule has 0 bridgehead atoms. The number of hydrogen-bond acceptors (Lipinski definition) is 4. The fraction of sp³-hybridized carbons (Fsp3) is 0.105. The highest BCUT2D eigenvalue weighted by molar-refractivity contribution is 5.99. The molecule has 0 spiro atoms. The van der Waals surface area contributed by atoms with E-state index in [0.29, 0.717) is 16.8 Å². The van der Waals surface area contributed by atoms with E-state index < -0.39 is 0 Å². The number of para-hydroxylation sites is 2. The van der Waals surface area contributed by atoms with Gasteiger partial charge in [0.25, 0.3) is 5.91 Å². The van der Waals surface area contributed by atoms with Gasteiger partial charge >= 0.3 is 0 Å². The van der Waals surface area contributed by atoms with Crippen LogP contribution in [0.5, 0.6) is 5.75 Å². The van der Waals surface area contributed by atoms with Crippen LogP contribution in [0.1, 0.15) is 27.2 Å².